The number of nitrogens with zero attached hydrogens (tertiary/aromatic N) is 1. The van der Waals surface area contributed by atoms with Crippen molar-refractivity contribution < 1.29 is 14.6 Å². The Morgan fingerprint density at radius 2 is 1.55 bits per heavy atom. The number of rotatable bonds is 8. The highest BCUT2D eigenvalue weighted by molar-refractivity contribution is 5.47. The number of methoxy groups -OCH3 is 1. The smallest absolute Gasteiger partial charge is 0.161 e. The van der Waals surface area contributed by atoms with Crippen LogP contribution in [0.2, 0.25) is 0 Å². The third-order valence-electron chi connectivity index (χ3n) is 6.20. The molecule has 1 N–H and O–H groups in total. The molecule has 1 fully saturated rings. The van der Waals surface area contributed by atoms with E-state index in [1.807, 2.05) is 30.6 Å². The fraction of sp³-hybridized carbons (Fsp3) is 0.370. The van der Waals surface area contributed by atoms with Crippen molar-refractivity contribution >= 4 is 0 Å². The van der Waals surface area contributed by atoms with Gasteiger partial charge in [-0.25, -0.2) is 0 Å². The summed E-state index contributed by atoms with van der Waals surface area (Å²) in [5.41, 5.74) is 4.55. The maximum absolute atomic E-state index is 9.90. The first-order valence-electron chi connectivity index (χ1n) is 11.2. The molecule has 0 aliphatic heterocycles. The second-order valence-electron chi connectivity index (χ2n) is 8.39. The van der Waals surface area contributed by atoms with Crippen molar-refractivity contribution in [3.05, 3.63) is 89.2 Å². The van der Waals surface area contributed by atoms with Crippen molar-refractivity contribution in [1.29, 1.82) is 0 Å². The van der Waals surface area contributed by atoms with Gasteiger partial charge in [-0.1, -0.05) is 30.3 Å². The molecule has 1 aliphatic carbocycles. The van der Waals surface area contributed by atoms with Crippen molar-refractivity contribution in [2.45, 2.75) is 57.2 Å². The Balaban J connectivity index is 1.69. The molecule has 2 atom stereocenters. The molecule has 1 aliphatic rings. The van der Waals surface area contributed by atoms with Crippen molar-refractivity contribution in [2.75, 3.05) is 7.11 Å². The van der Waals surface area contributed by atoms with Gasteiger partial charge in [0.2, 0.25) is 0 Å². The summed E-state index contributed by atoms with van der Waals surface area (Å²) >= 11 is 0. The molecule has 1 saturated carbocycles. The van der Waals surface area contributed by atoms with Crippen molar-refractivity contribution in [3.63, 3.8) is 0 Å². The molecule has 1 heterocycles. The van der Waals surface area contributed by atoms with Gasteiger partial charge < -0.3 is 14.6 Å². The summed E-state index contributed by atoms with van der Waals surface area (Å²) in [6.45, 7) is 1.79. The van der Waals surface area contributed by atoms with Gasteiger partial charge >= 0.3 is 0 Å². The largest absolute Gasteiger partial charge is 0.493 e. The quantitative estimate of drug-likeness (QED) is 0.500. The summed E-state index contributed by atoms with van der Waals surface area (Å²) in [7, 11) is 1.69. The molecule has 0 spiro atoms. The third kappa shape index (κ3) is 5.26. The first kappa shape index (κ1) is 21.4. The lowest BCUT2D eigenvalue weighted by molar-refractivity contribution is 0.199. The maximum Gasteiger partial charge on any atom is 0.161 e. The van der Waals surface area contributed by atoms with Crippen LogP contribution in [0.1, 0.15) is 66.9 Å². The van der Waals surface area contributed by atoms with Crippen LogP contribution in [0.25, 0.3) is 0 Å². The monoisotopic (exact) mass is 417 g/mol. The second kappa shape index (κ2) is 9.97. The topological polar surface area (TPSA) is 51.6 Å². The second-order valence-corrected chi connectivity index (χ2v) is 8.39. The first-order valence-corrected chi connectivity index (χ1v) is 11.2. The van der Waals surface area contributed by atoms with E-state index in [4.69, 9.17) is 9.47 Å². The van der Waals surface area contributed by atoms with Crippen LogP contribution in [0, 0.1) is 0 Å². The number of ether oxygens (including phenoxy) is 2. The van der Waals surface area contributed by atoms with Crippen LogP contribution in [0.4, 0.5) is 0 Å². The van der Waals surface area contributed by atoms with Gasteiger partial charge in [0.25, 0.3) is 0 Å². The Bertz CT molecular complexity index is 964. The number of pyridine rings is 1. The van der Waals surface area contributed by atoms with Gasteiger partial charge in [0.1, 0.15) is 0 Å². The van der Waals surface area contributed by atoms with E-state index in [0.717, 1.165) is 36.3 Å². The van der Waals surface area contributed by atoms with E-state index >= 15 is 0 Å². The van der Waals surface area contributed by atoms with Crippen LogP contribution in [-0.4, -0.2) is 23.3 Å². The molecule has 1 unspecified atom stereocenters. The Hall–Kier alpha value is -2.85. The maximum atomic E-state index is 9.90. The number of aliphatic hydroxyl groups is 1. The average molecular weight is 418 g/mol. The lowest BCUT2D eigenvalue weighted by Crippen LogP contribution is -2.12. The molecule has 162 valence electrons. The van der Waals surface area contributed by atoms with Crippen LogP contribution < -0.4 is 9.47 Å². The molecular formula is C27H31NO3. The lowest BCUT2D eigenvalue weighted by Gasteiger charge is -2.22. The molecule has 0 amide bonds. The van der Waals surface area contributed by atoms with Crippen LogP contribution >= 0.6 is 0 Å². The van der Waals surface area contributed by atoms with Crippen molar-refractivity contribution in [1.82, 2.24) is 4.98 Å². The summed E-state index contributed by atoms with van der Waals surface area (Å²) in [6.07, 6.45) is 9.00. The zero-order valence-corrected chi connectivity index (χ0v) is 18.3. The van der Waals surface area contributed by atoms with Crippen LogP contribution in [-0.2, 0) is 6.42 Å². The molecule has 0 saturated heterocycles. The number of hydrogen-bond acceptors (Lipinski definition) is 4. The Morgan fingerprint density at radius 3 is 2.19 bits per heavy atom. The fourth-order valence-electron chi connectivity index (χ4n) is 4.38. The molecule has 1 aromatic heterocycles. The minimum Gasteiger partial charge on any atom is -0.493 e. The van der Waals surface area contributed by atoms with Gasteiger partial charge in [-0.2, -0.15) is 0 Å². The Labute approximate surface area is 184 Å². The van der Waals surface area contributed by atoms with Crippen molar-refractivity contribution in [2.24, 2.45) is 0 Å². The molecule has 4 rings (SSSR count). The predicted molar refractivity (Wildman–Crippen MR) is 123 cm³/mol. The molecule has 4 nitrogen and oxygen atoms in total. The third-order valence-corrected chi connectivity index (χ3v) is 6.20. The molecule has 4 heteroatoms. The molecule has 2 aromatic carbocycles. The molecule has 0 radical (unpaired) electrons. The normalized spacial score (nSPS) is 16.1. The van der Waals surface area contributed by atoms with Gasteiger partial charge in [0, 0.05) is 18.3 Å². The van der Waals surface area contributed by atoms with E-state index in [9.17, 15) is 5.11 Å². The van der Waals surface area contributed by atoms with Gasteiger partial charge in [0.15, 0.2) is 11.5 Å². The van der Waals surface area contributed by atoms with Crippen molar-refractivity contribution in [3.8, 4) is 11.5 Å². The SMILES string of the molecule is COc1ccc(C(Cc2ccncc2)c2ccc([C@@H](C)O)cc2)cc1OC1CCCC1. The summed E-state index contributed by atoms with van der Waals surface area (Å²) in [5, 5.41) is 9.90. The standard InChI is InChI=1S/C27H31NO3/c1-19(29)21-7-9-22(10-8-21)25(17-20-13-15-28-16-14-20)23-11-12-26(30-2)27(18-23)31-24-5-3-4-6-24/h7-16,18-19,24-25,29H,3-6,17H2,1-2H3/t19-,25?/m1/s1. The highest BCUT2D eigenvalue weighted by Crippen LogP contribution is 2.37. The lowest BCUT2D eigenvalue weighted by atomic mass is 9.85. The van der Waals surface area contributed by atoms with Crippen LogP contribution in [0.15, 0.2) is 67.0 Å². The van der Waals surface area contributed by atoms with Gasteiger partial charge in [-0.05, 0) is 85.5 Å². The van der Waals surface area contributed by atoms with E-state index in [0.29, 0.717) is 0 Å². The van der Waals surface area contributed by atoms with Crippen LogP contribution in [0.5, 0.6) is 11.5 Å². The van der Waals surface area contributed by atoms with E-state index in [-0.39, 0.29) is 12.0 Å². The molecule has 0 bridgehead atoms. The van der Waals surface area contributed by atoms with Gasteiger partial charge in [0.05, 0.1) is 19.3 Å². The van der Waals surface area contributed by atoms with E-state index in [1.54, 1.807) is 14.0 Å². The van der Waals surface area contributed by atoms with E-state index in [1.165, 1.54) is 29.5 Å². The summed E-state index contributed by atoms with van der Waals surface area (Å²) < 4.78 is 12.0. The van der Waals surface area contributed by atoms with Crippen LogP contribution in [0.3, 0.4) is 0 Å². The molecule has 31 heavy (non-hydrogen) atoms. The minimum absolute atomic E-state index is 0.155. The zero-order valence-electron chi connectivity index (χ0n) is 18.3. The Morgan fingerprint density at radius 1 is 0.903 bits per heavy atom. The molecular weight excluding hydrogens is 386 g/mol. The first-order chi connectivity index (χ1) is 15.1. The number of hydrogen-bond donors (Lipinski definition) is 1. The number of aliphatic hydroxyl groups excluding tert-OH is 1. The highest BCUT2D eigenvalue weighted by atomic mass is 16.5. The average Bonchev–Trinajstić information content (AvgIpc) is 3.31. The number of aromatic nitrogens is 1. The highest BCUT2D eigenvalue weighted by Gasteiger charge is 2.21. The van der Waals surface area contributed by atoms with E-state index < -0.39 is 6.10 Å². The predicted octanol–water partition coefficient (Wildman–Crippen LogP) is 5.84. The number of benzene rings is 2. The minimum atomic E-state index is -0.472. The summed E-state index contributed by atoms with van der Waals surface area (Å²) in [5.74, 6) is 1.76. The zero-order chi connectivity index (χ0) is 21.6. The summed E-state index contributed by atoms with van der Waals surface area (Å²) in [6, 6.07) is 18.7. The van der Waals surface area contributed by atoms with E-state index in [2.05, 4.69) is 41.4 Å². The molecule has 3 aromatic rings. The van der Waals surface area contributed by atoms with Gasteiger partial charge in [-0.3, -0.25) is 4.98 Å². The Kier molecular flexibility index (Phi) is 6.88. The fourth-order valence-corrected chi connectivity index (χ4v) is 4.38. The van der Waals surface area contributed by atoms with Gasteiger partial charge in [-0.15, -0.1) is 0 Å². The summed E-state index contributed by atoms with van der Waals surface area (Å²) in [4.78, 5) is 4.16.